The van der Waals surface area contributed by atoms with Crippen molar-refractivity contribution < 1.29 is 4.74 Å². The van der Waals surface area contributed by atoms with E-state index in [-0.39, 0.29) is 0 Å². The van der Waals surface area contributed by atoms with Gasteiger partial charge in [-0.1, -0.05) is 13.8 Å². The molecule has 0 aliphatic heterocycles. The third kappa shape index (κ3) is 4.28. The zero-order valence-electron chi connectivity index (χ0n) is 9.75. The van der Waals surface area contributed by atoms with E-state index in [0.29, 0.717) is 12.6 Å². The van der Waals surface area contributed by atoms with Crippen LogP contribution in [0.3, 0.4) is 0 Å². The van der Waals surface area contributed by atoms with E-state index in [4.69, 9.17) is 4.74 Å². The van der Waals surface area contributed by atoms with E-state index in [1.165, 1.54) is 0 Å². The van der Waals surface area contributed by atoms with Gasteiger partial charge in [-0.25, -0.2) is 4.98 Å². The largest absolute Gasteiger partial charge is 0.374 e. The Hall–Kier alpha value is -0.450. The summed E-state index contributed by atoms with van der Waals surface area (Å²) in [5.41, 5.74) is 1.12. The average Bonchev–Trinajstić information content (AvgIpc) is 2.67. The number of ether oxygens (including phenoxy) is 1. The van der Waals surface area contributed by atoms with Crippen molar-refractivity contribution in [1.29, 1.82) is 0 Å². The molecule has 1 N–H and O–H groups in total. The number of hydrogen-bond acceptors (Lipinski definition) is 4. The van der Waals surface area contributed by atoms with E-state index in [0.717, 1.165) is 30.3 Å². The third-order valence-corrected chi connectivity index (χ3v) is 2.94. The maximum absolute atomic E-state index is 5.45. The van der Waals surface area contributed by atoms with Crippen LogP contribution in [0.5, 0.6) is 0 Å². The monoisotopic (exact) mass is 228 g/mol. The number of nitrogens with zero attached hydrogens (tertiary/aromatic N) is 1. The Morgan fingerprint density at radius 1 is 1.53 bits per heavy atom. The summed E-state index contributed by atoms with van der Waals surface area (Å²) in [6, 6.07) is 0.339. The maximum atomic E-state index is 5.45. The Bertz CT molecular complexity index is 275. The lowest BCUT2D eigenvalue weighted by atomic mass is 10.2. The minimum absolute atomic E-state index is 0.339. The van der Waals surface area contributed by atoms with Crippen LogP contribution in [0.4, 0.5) is 0 Å². The summed E-state index contributed by atoms with van der Waals surface area (Å²) in [7, 11) is 0. The van der Waals surface area contributed by atoms with Crippen LogP contribution in [0.1, 0.15) is 43.9 Å². The predicted octanol–water partition coefficient (Wildman–Crippen LogP) is 2.74. The molecule has 0 bridgehead atoms. The molecule has 0 radical (unpaired) electrons. The molecule has 1 rings (SSSR count). The van der Waals surface area contributed by atoms with Crippen molar-refractivity contribution in [2.75, 3.05) is 13.2 Å². The number of thiazole rings is 1. The molecule has 15 heavy (non-hydrogen) atoms. The van der Waals surface area contributed by atoms with Crippen LogP contribution in [0.15, 0.2) is 5.38 Å². The Morgan fingerprint density at radius 3 is 3.00 bits per heavy atom. The summed E-state index contributed by atoms with van der Waals surface area (Å²) in [5, 5.41) is 6.53. The Balaban J connectivity index is 2.41. The highest BCUT2D eigenvalue weighted by Crippen LogP contribution is 2.17. The molecule has 86 valence electrons. The first kappa shape index (κ1) is 12.6. The standard InChI is InChI=1S/C11H20N2OS/c1-4-6-14-7-11-13-10(8-15-11)9(3)12-5-2/h8-9,12H,4-7H2,1-3H3. The summed E-state index contributed by atoms with van der Waals surface area (Å²) in [4.78, 5) is 4.53. The van der Waals surface area contributed by atoms with Crippen molar-refractivity contribution in [3.05, 3.63) is 16.1 Å². The summed E-state index contributed by atoms with van der Waals surface area (Å²) >= 11 is 1.68. The number of rotatable bonds is 7. The minimum Gasteiger partial charge on any atom is -0.374 e. The van der Waals surface area contributed by atoms with Gasteiger partial charge in [-0.2, -0.15) is 0 Å². The Morgan fingerprint density at radius 2 is 2.33 bits per heavy atom. The van der Waals surface area contributed by atoms with Crippen molar-refractivity contribution in [3.8, 4) is 0 Å². The van der Waals surface area contributed by atoms with Crippen molar-refractivity contribution >= 4 is 11.3 Å². The highest BCUT2D eigenvalue weighted by molar-refractivity contribution is 7.09. The average molecular weight is 228 g/mol. The highest BCUT2D eigenvalue weighted by Gasteiger charge is 2.08. The highest BCUT2D eigenvalue weighted by atomic mass is 32.1. The van der Waals surface area contributed by atoms with E-state index in [1.807, 2.05) is 0 Å². The molecular weight excluding hydrogens is 208 g/mol. The van der Waals surface area contributed by atoms with Gasteiger partial charge in [-0.15, -0.1) is 11.3 Å². The number of hydrogen-bond donors (Lipinski definition) is 1. The molecule has 1 unspecified atom stereocenters. The van der Waals surface area contributed by atoms with Gasteiger partial charge < -0.3 is 10.1 Å². The van der Waals surface area contributed by atoms with Crippen LogP contribution >= 0.6 is 11.3 Å². The van der Waals surface area contributed by atoms with E-state index in [2.05, 4.69) is 36.5 Å². The molecule has 0 aromatic carbocycles. The van der Waals surface area contributed by atoms with Crippen LogP contribution in [0, 0.1) is 0 Å². The molecular formula is C11H20N2OS. The quantitative estimate of drug-likeness (QED) is 0.729. The summed E-state index contributed by atoms with van der Waals surface area (Å²) in [6.45, 7) is 8.79. The van der Waals surface area contributed by atoms with Gasteiger partial charge in [0.1, 0.15) is 5.01 Å². The number of aromatic nitrogens is 1. The fraction of sp³-hybridized carbons (Fsp3) is 0.727. The van der Waals surface area contributed by atoms with Crippen molar-refractivity contribution in [1.82, 2.24) is 10.3 Å². The second kappa shape index (κ2) is 6.93. The van der Waals surface area contributed by atoms with Gasteiger partial charge in [-0.3, -0.25) is 0 Å². The van der Waals surface area contributed by atoms with Gasteiger partial charge in [0, 0.05) is 18.0 Å². The molecule has 0 saturated carbocycles. The normalized spacial score (nSPS) is 13.0. The van der Waals surface area contributed by atoms with Gasteiger partial charge in [-0.05, 0) is 19.9 Å². The minimum atomic E-state index is 0.339. The molecule has 0 saturated heterocycles. The fourth-order valence-electron chi connectivity index (χ4n) is 1.30. The van der Waals surface area contributed by atoms with Crippen molar-refractivity contribution in [2.45, 2.75) is 39.8 Å². The first-order valence-corrected chi connectivity index (χ1v) is 6.41. The molecule has 4 heteroatoms. The van der Waals surface area contributed by atoms with E-state index in [9.17, 15) is 0 Å². The topological polar surface area (TPSA) is 34.1 Å². The van der Waals surface area contributed by atoms with Gasteiger partial charge in [0.2, 0.25) is 0 Å². The van der Waals surface area contributed by atoms with Crippen LogP contribution < -0.4 is 5.32 Å². The van der Waals surface area contributed by atoms with Crippen molar-refractivity contribution in [2.24, 2.45) is 0 Å². The third-order valence-electron chi connectivity index (χ3n) is 2.10. The van der Waals surface area contributed by atoms with Gasteiger partial charge in [0.15, 0.2) is 0 Å². The first-order chi connectivity index (χ1) is 7.27. The number of nitrogens with one attached hydrogen (secondary N) is 1. The lowest BCUT2D eigenvalue weighted by Gasteiger charge is -2.08. The summed E-state index contributed by atoms with van der Waals surface area (Å²) in [5.74, 6) is 0. The van der Waals surface area contributed by atoms with E-state index in [1.54, 1.807) is 11.3 Å². The Labute approximate surface area is 95.9 Å². The maximum Gasteiger partial charge on any atom is 0.119 e. The molecule has 1 heterocycles. The molecule has 1 atom stereocenters. The zero-order valence-corrected chi connectivity index (χ0v) is 10.6. The van der Waals surface area contributed by atoms with Crippen LogP contribution in [-0.4, -0.2) is 18.1 Å². The summed E-state index contributed by atoms with van der Waals surface area (Å²) < 4.78 is 5.45. The fourth-order valence-corrected chi connectivity index (χ4v) is 2.13. The lowest BCUT2D eigenvalue weighted by Crippen LogP contribution is -2.17. The molecule has 0 aliphatic rings. The molecule has 1 aromatic heterocycles. The smallest absolute Gasteiger partial charge is 0.119 e. The lowest BCUT2D eigenvalue weighted by molar-refractivity contribution is 0.121. The van der Waals surface area contributed by atoms with E-state index < -0.39 is 0 Å². The molecule has 1 aromatic rings. The second-order valence-electron chi connectivity index (χ2n) is 3.50. The molecule has 0 spiro atoms. The van der Waals surface area contributed by atoms with Crippen LogP contribution in [0.2, 0.25) is 0 Å². The SMILES string of the molecule is CCCOCc1nc(C(C)NCC)cs1. The zero-order chi connectivity index (χ0) is 11.1. The van der Waals surface area contributed by atoms with Crippen LogP contribution in [0.25, 0.3) is 0 Å². The molecule has 3 nitrogen and oxygen atoms in total. The van der Waals surface area contributed by atoms with Gasteiger partial charge in [0.25, 0.3) is 0 Å². The first-order valence-electron chi connectivity index (χ1n) is 5.53. The predicted molar refractivity (Wildman–Crippen MR) is 64.2 cm³/mol. The van der Waals surface area contributed by atoms with E-state index >= 15 is 0 Å². The molecule has 0 amide bonds. The van der Waals surface area contributed by atoms with Gasteiger partial charge in [0.05, 0.1) is 12.3 Å². The Kier molecular flexibility index (Phi) is 5.83. The molecule has 0 fully saturated rings. The second-order valence-corrected chi connectivity index (χ2v) is 4.44. The summed E-state index contributed by atoms with van der Waals surface area (Å²) in [6.07, 6.45) is 1.06. The van der Waals surface area contributed by atoms with Crippen LogP contribution in [-0.2, 0) is 11.3 Å². The molecule has 0 aliphatic carbocycles. The van der Waals surface area contributed by atoms with Gasteiger partial charge >= 0.3 is 0 Å². The van der Waals surface area contributed by atoms with Crippen molar-refractivity contribution in [3.63, 3.8) is 0 Å².